The highest BCUT2D eigenvalue weighted by Crippen LogP contribution is 2.47. The van der Waals surface area contributed by atoms with Gasteiger partial charge in [-0.3, -0.25) is 0 Å². The number of ether oxygens (including phenoxy) is 2. The lowest BCUT2D eigenvalue weighted by Crippen LogP contribution is -2.38. The van der Waals surface area contributed by atoms with Crippen molar-refractivity contribution >= 4 is 21.9 Å². The van der Waals surface area contributed by atoms with Gasteiger partial charge >= 0.3 is 5.97 Å². The van der Waals surface area contributed by atoms with E-state index in [9.17, 15) is 4.79 Å². The lowest BCUT2D eigenvalue weighted by atomic mass is 9.71. The molecule has 1 aliphatic carbocycles. The van der Waals surface area contributed by atoms with E-state index in [1.54, 1.807) is 12.1 Å². The first-order valence-electron chi connectivity index (χ1n) is 7.77. The van der Waals surface area contributed by atoms with Gasteiger partial charge in [-0.05, 0) is 42.3 Å². The van der Waals surface area contributed by atoms with Crippen LogP contribution in [0, 0.1) is 0 Å². The van der Waals surface area contributed by atoms with Crippen molar-refractivity contribution in [2.24, 2.45) is 0 Å². The number of carbonyl (C=O) groups excluding carboxylic acids is 1. The number of carbonyl (C=O) groups is 1. The smallest absolute Gasteiger partial charge is 0.338 e. The molecule has 0 bridgehead atoms. The van der Waals surface area contributed by atoms with E-state index < -0.39 is 0 Å². The van der Waals surface area contributed by atoms with E-state index in [2.05, 4.69) is 28.9 Å². The number of rotatable bonds is 2. The summed E-state index contributed by atoms with van der Waals surface area (Å²) in [5.41, 5.74) is 3.06. The fourth-order valence-corrected chi connectivity index (χ4v) is 4.00. The highest BCUT2D eigenvalue weighted by Gasteiger charge is 2.44. The molecule has 23 heavy (non-hydrogen) atoms. The van der Waals surface area contributed by atoms with Crippen LogP contribution >= 0.6 is 15.9 Å². The van der Waals surface area contributed by atoms with Crippen LogP contribution in [0.2, 0.25) is 0 Å². The monoisotopic (exact) mass is 372 g/mol. The van der Waals surface area contributed by atoms with Crippen molar-refractivity contribution in [3.8, 4) is 5.75 Å². The summed E-state index contributed by atoms with van der Waals surface area (Å²) in [6.07, 6.45) is 1.45. The van der Waals surface area contributed by atoms with Crippen LogP contribution in [0.5, 0.6) is 5.75 Å². The molecule has 0 fully saturated rings. The highest BCUT2D eigenvalue weighted by atomic mass is 79.9. The molecule has 2 aromatic carbocycles. The summed E-state index contributed by atoms with van der Waals surface area (Å²) in [7, 11) is 0. The Labute approximate surface area is 143 Å². The van der Waals surface area contributed by atoms with Crippen molar-refractivity contribution in [3.63, 3.8) is 0 Å². The number of hydrogen-bond donors (Lipinski definition) is 0. The van der Waals surface area contributed by atoms with Gasteiger partial charge in [-0.2, -0.15) is 0 Å². The summed E-state index contributed by atoms with van der Waals surface area (Å²) in [6.45, 7) is 2.85. The Balaban J connectivity index is 1.56. The molecule has 4 rings (SSSR count). The summed E-state index contributed by atoms with van der Waals surface area (Å²) >= 11 is 3.38. The number of benzene rings is 2. The first kappa shape index (κ1) is 14.8. The van der Waals surface area contributed by atoms with E-state index in [4.69, 9.17) is 9.47 Å². The van der Waals surface area contributed by atoms with Crippen molar-refractivity contribution in [1.29, 1.82) is 0 Å². The maximum Gasteiger partial charge on any atom is 0.338 e. The normalized spacial score (nSPS) is 24.7. The summed E-state index contributed by atoms with van der Waals surface area (Å²) in [5.74, 6) is 0.729. The standard InChI is InChI=1S/C19H17BrO3/c1-19-10-15(23-18(21)12-5-7-14(20)8-6-12)9-13-3-2-4-16(17(13)19)22-11-19/h2-8,15H,9-11H2,1H3/t15-,19-/m0/s1. The summed E-state index contributed by atoms with van der Waals surface area (Å²) in [6, 6.07) is 13.4. The molecule has 1 aliphatic heterocycles. The predicted molar refractivity (Wildman–Crippen MR) is 91.0 cm³/mol. The fourth-order valence-electron chi connectivity index (χ4n) is 3.73. The quantitative estimate of drug-likeness (QED) is 0.738. The summed E-state index contributed by atoms with van der Waals surface area (Å²) in [4.78, 5) is 12.4. The van der Waals surface area contributed by atoms with Crippen LogP contribution in [0.15, 0.2) is 46.9 Å². The van der Waals surface area contributed by atoms with Gasteiger partial charge in [0, 0.05) is 21.9 Å². The van der Waals surface area contributed by atoms with Gasteiger partial charge in [0.05, 0.1) is 12.2 Å². The van der Waals surface area contributed by atoms with Crippen LogP contribution < -0.4 is 4.74 Å². The maximum absolute atomic E-state index is 12.4. The SMILES string of the molecule is C[C@]12COc3cccc(c31)C[C@H](OC(=O)c1ccc(Br)cc1)C2. The zero-order chi connectivity index (χ0) is 16.0. The minimum absolute atomic E-state index is 0.0607. The van der Waals surface area contributed by atoms with Gasteiger partial charge in [-0.15, -0.1) is 0 Å². The van der Waals surface area contributed by atoms with Crippen LogP contribution in [-0.2, 0) is 16.6 Å². The molecule has 0 aromatic heterocycles. The second kappa shape index (κ2) is 5.38. The molecule has 2 atom stereocenters. The van der Waals surface area contributed by atoms with Crippen LogP contribution in [0.4, 0.5) is 0 Å². The van der Waals surface area contributed by atoms with E-state index in [1.165, 1.54) is 11.1 Å². The second-order valence-corrected chi connectivity index (χ2v) is 7.50. The largest absolute Gasteiger partial charge is 0.492 e. The van der Waals surface area contributed by atoms with E-state index in [-0.39, 0.29) is 17.5 Å². The van der Waals surface area contributed by atoms with E-state index >= 15 is 0 Å². The van der Waals surface area contributed by atoms with Gasteiger partial charge in [-0.1, -0.05) is 35.0 Å². The summed E-state index contributed by atoms with van der Waals surface area (Å²) in [5, 5.41) is 0. The minimum Gasteiger partial charge on any atom is -0.492 e. The summed E-state index contributed by atoms with van der Waals surface area (Å²) < 4.78 is 12.6. The van der Waals surface area contributed by atoms with E-state index in [1.807, 2.05) is 24.3 Å². The second-order valence-electron chi connectivity index (χ2n) is 6.58. The lowest BCUT2D eigenvalue weighted by molar-refractivity contribution is 0.0194. The molecular formula is C19H17BrO3. The Kier molecular flexibility index (Phi) is 3.45. The topological polar surface area (TPSA) is 35.5 Å². The number of hydrogen-bond acceptors (Lipinski definition) is 3. The Hall–Kier alpha value is -1.81. The maximum atomic E-state index is 12.4. The van der Waals surface area contributed by atoms with Gasteiger partial charge in [0.15, 0.2) is 0 Å². The average molecular weight is 373 g/mol. The van der Waals surface area contributed by atoms with Crippen LogP contribution in [-0.4, -0.2) is 18.7 Å². The van der Waals surface area contributed by atoms with Crippen molar-refractivity contribution in [2.45, 2.75) is 31.3 Å². The molecule has 0 unspecified atom stereocenters. The van der Waals surface area contributed by atoms with E-state index in [0.717, 1.165) is 23.1 Å². The zero-order valence-electron chi connectivity index (χ0n) is 12.8. The van der Waals surface area contributed by atoms with Crippen molar-refractivity contribution in [2.75, 3.05) is 6.61 Å². The Morgan fingerprint density at radius 2 is 2.04 bits per heavy atom. The highest BCUT2D eigenvalue weighted by molar-refractivity contribution is 9.10. The Morgan fingerprint density at radius 1 is 1.26 bits per heavy atom. The molecule has 0 saturated heterocycles. The molecule has 1 heterocycles. The van der Waals surface area contributed by atoms with Crippen molar-refractivity contribution in [1.82, 2.24) is 0 Å². The third kappa shape index (κ3) is 2.55. The Bertz CT molecular complexity index is 769. The van der Waals surface area contributed by atoms with Crippen LogP contribution in [0.3, 0.4) is 0 Å². The van der Waals surface area contributed by atoms with Gasteiger partial charge in [0.1, 0.15) is 11.9 Å². The lowest BCUT2D eigenvalue weighted by Gasteiger charge is -2.34. The number of esters is 1. The van der Waals surface area contributed by atoms with Crippen LogP contribution in [0.25, 0.3) is 0 Å². The van der Waals surface area contributed by atoms with Gasteiger partial charge in [0.2, 0.25) is 0 Å². The molecule has 2 aliphatic rings. The van der Waals surface area contributed by atoms with Gasteiger partial charge < -0.3 is 9.47 Å². The molecule has 0 radical (unpaired) electrons. The van der Waals surface area contributed by atoms with Crippen molar-refractivity contribution in [3.05, 3.63) is 63.6 Å². The molecule has 3 nitrogen and oxygen atoms in total. The first-order chi connectivity index (χ1) is 11.0. The molecule has 0 amide bonds. The third-order valence-electron chi connectivity index (χ3n) is 4.74. The average Bonchev–Trinajstić information content (AvgIpc) is 2.86. The van der Waals surface area contributed by atoms with E-state index in [0.29, 0.717) is 12.2 Å². The third-order valence-corrected chi connectivity index (χ3v) is 5.27. The predicted octanol–water partition coefficient (Wildman–Crippen LogP) is 4.27. The first-order valence-corrected chi connectivity index (χ1v) is 8.56. The van der Waals surface area contributed by atoms with Gasteiger partial charge in [-0.25, -0.2) is 4.79 Å². The molecule has 0 N–H and O–H groups in total. The molecular weight excluding hydrogens is 356 g/mol. The fraction of sp³-hybridized carbons (Fsp3) is 0.316. The molecule has 2 aromatic rings. The Morgan fingerprint density at radius 3 is 2.83 bits per heavy atom. The van der Waals surface area contributed by atoms with Gasteiger partial charge in [0.25, 0.3) is 0 Å². The van der Waals surface area contributed by atoms with Crippen molar-refractivity contribution < 1.29 is 14.3 Å². The minimum atomic E-state index is -0.260. The zero-order valence-corrected chi connectivity index (χ0v) is 14.4. The number of halogens is 1. The molecule has 0 saturated carbocycles. The molecule has 4 heteroatoms. The van der Waals surface area contributed by atoms with Crippen LogP contribution in [0.1, 0.15) is 34.8 Å². The molecule has 0 spiro atoms. The molecule has 118 valence electrons.